The van der Waals surface area contributed by atoms with Crippen LogP contribution in [-0.2, 0) is 4.79 Å². The Morgan fingerprint density at radius 2 is 1.89 bits per heavy atom. The molecule has 0 unspecified atom stereocenters. The molecule has 0 aliphatic rings. The van der Waals surface area contributed by atoms with Gasteiger partial charge in [0.15, 0.2) is 0 Å². The molecule has 0 heterocycles. The molecule has 0 bridgehead atoms. The molecule has 2 aromatic carbocycles. The SMILES string of the molecule is CC(C)C(=O)NCCOc1cccc2ccccc12. The Bertz CT molecular complexity index is 558. The summed E-state index contributed by atoms with van der Waals surface area (Å²) in [7, 11) is 0. The molecule has 3 heteroatoms. The normalized spacial score (nSPS) is 10.7. The lowest BCUT2D eigenvalue weighted by Gasteiger charge is -2.11. The van der Waals surface area contributed by atoms with Crippen LogP contribution in [0.3, 0.4) is 0 Å². The van der Waals surface area contributed by atoms with Crippen LogP contribution in [0, 0.1) is 5.92 Å². The van der Waals surface area contributed by atoms with E-state index in [9.17, 15) is 4.79 Å². The van der Waals surface area contributed by atoms with Gasteiger partial charge in [-0.3, -0.25) is 4.79 Å². The molecule has 100 valence electrons. The van der Waals surface area contributed by atoms with Gasteiger partial charge in [-0.2, -0.15) is 0 Å². The molecule has 2 rings (SSSR count). The van der Waals surface area contributed by atoms with Crippen LogP contribution < -0.4 is 10.1 Å². The van der Waals surface area contributed by atoms with Crippen LogP contribution in [-0.4, -0.2) is 19.1 Å². The lowest BCUT2D eigenvalue weighted by Crippen LogP contribution is -2.31. The maximum atomic E-state index is 11.4. The second-order valence-corrected chi connectivity index (χ2v) is 4.77. The molecule has 0 saturated heterocycles. The maximum absolute atomic E-state index is 11.4. The van der Waals surface area contributed by atoms with Crippen molar-refractivity contribution in [2.75, 3.05) is 13.2 Å². The minimum Gasteiger partial charge on any atom is -0.491 e. The van der Waals surface area contributed by atoms with E-state index in [1.54, 1.807) is 0 Å². The third-order valence-corrected chi connectivity index (χ3v) is 2.93. The summed E-state index contributed by atoms with van der Waals surface area (Å²) in [6.45, 7) is 4.76. The Morgan fingerprint density at radius 1 is 1.16 bits per heavy atom. The number of benzene rings is 2. The van der Waals surface area contributed by atoms with Gasteiger partial charge in [0, 0.05) is 11.3 Å². The zero-order valence-electron chi connectivity index (χ0n) is 11.3. The summed E-state index contributed by atoms with van der Waals surface area (Å²) in [5.74, 6) is 0.927. The smallest absolute Gasteiger partial charge is 0.222 e. The molecule has 0 saturated carbocycles. The highest BCUT2D eigenvalue weighted by atomic mass is 16.5. The topological polar surface area (TPSA) is 38.3 Å². The highest BCUT2D eigenvalue weighted by Crippen LogP contribution is 2.24. The van der Waals surface area contributed by atoms with Crippen molar-refractivity contribution in [3.05, 3.63) is 42.5 Å². The molecular weight excluding hydrogens is 238 g/mol. The fraction of sp³-hybridized carbons (Fsp3) is 0.312. The van der Waals surface area contributed by atoms with Gasteiger partial charge in [0.1, 0.15) is 12.4 Å². The summed E-state index contributed by atoms with van der Waals surface area (Å²) in [5.41, 5.74) is 0. The zero-order chi connectivity index (χ0) is 13.7. The molecule has 0 fully saturated rings. The Labute approximate surface area is 113 Å². The van der Waals surface area contributed by atoms with Gasteiger partial charge in [-0.1, -0.05) is 50.2 Å². The highest BCUT2D eigenvalue weighted by molar-refractivity contribution is 5.88. The van der Waals surface area contributed by atoms with Crippen LogP contribution in [0.1, 0.15) is 13.8 Å². The van der Waals surface area contributed by atoms with Crippen LogP contribution in [0.4, 0.5) is 0 Å². The van der Waals surface area contributed by atoms with Gasteiger partial charge in [-0.25, -0.2) is 0 Å². The number of rotatable bonds is 5. The Morgan fingerprint density at radius 3 is 2.68 bits per heavy atom. The average Bonchev–Trinajstić information content (AvgIpc) is 2.43. The number of carbonyl (C=O) groups is 1. The van der Waals surface area contributed by atoms with Gasteiger partial charge in [0.25, 0.3) is 0 Å². The van der Waals surface area contributed by atoms with Crippen LogP contribution in [0.5, 0.6) is 5.75 Å². The van der Waals surface area contributed by atoms with E-state index < -0.39 is 0 Å². The van der Waals surface area contributed by atoms with E-state index in [1.165, 1.54) is 0 Å². The predicted octanol–water partition coefficient (Wildman–Crippen LogP) is 2.99. The van der Waals surface area contributed by atoms with E-state index in [0.29, 0.717) is 13.2 Å². The molecule has 19 heavy (non-hydrogen) atoms. The summed E-state index contributed by atoms with van der Waals surface area (Å²) < 4.78 is 5.73. The lowest BCUT2D eigenvalue weighted by molar-refractivity contribution is -0.124. The van der Waals surface area contributed by atoms with Crippen molar-refractivity contribution in [3.63, 3.8) is 0 Å². The highest BCUT2D eigenvalue weighted by Gasteiger charge is 2.05. The van der Waals surface area contributed by atoms with Crippen molar-refractivity contribution in [1.29, 1.82) is 0 Å². The molecule has 2 aromatic rings. The van der Waals surface area contributed by atoms with Gasteiger partial charge >= 0.3 is 0 Å². The van der Waals surface area contributed by atoms with Crippen molar-refractivity contribution in [2.24, 2.45) is 5.92 Å². The first-order valence-corrected chi connectivity index (χ1v) is 6.57. The minimum absolute atomic E-state index is 0.0116. The first-order chi connectivity index (χ1) is 9.18. The summed E-state index contributed by atoms with van der Waals surface area (Å²) in [4.78, 5) is 11.4. The van der Waals surface area contributed by atoms with Crippen molar-refractivity contribution in [1.82, 2.24) is 5.32 Å². The van der Waals surface area contributed by atoms with E-state index >= 15 is 0 Å². The third kappa shape index (κ3) is 3.47. The fourth-order valence-corrected chi connectivity index (χ4v) is 1.86. The van der Waals surface area contributed by atoms with E-state index in [-0.39, 0.29) is 11.8 Å². The maximum Gasteiger partial charge on any atom is 0.222 e. The monoisotopic (exact) mass is 257 g/mol. The second-order valence-electron chi connectivity index (χ2n) is 4.77. The number of nitrogens with one attached hydrogen (secondary N) is 1. The van der Waals surface area contributed by atoms with E-state index in [0.717, 1.165) is 16.5 Å². The minimum atomic E-state index is 0.0116. The fourth-order valence-electron chi connectivity index (χ4n) is 1.86. The van der Waals surface area contributed by atoms with Crippen molar-refractivity contribution < 1.29 is 9.53 Å². The second kappa shape index (κ2) is 6.23. The molecule has 0 spiro atoms. The number of carbonyl (C=O) groups excluding carboxylic acids is 1. The molecule has 0 atom stereocenters. The summed E-state index contributed by atoms with van der Waals surface area (Å²) in [6.07, 6.45) is 0. The summed E-state index contributed by atoms with van der Waals surface area (Å²) >= 11 is 0. The Kier molecular flexibility index (Phi) is 4.39. The van der Waals surface area contributed by atoms with Crippen molar-refractivity contribution in [2.45, 2.75) is 13.8 Å². The van der Waals surface area contributed by atoms with Crippen molar-refractivity contribution >= 4 is 16.7 Å². The molecule has 0 radical (unpaired) electrons. The van der Waals surface area contributed by atoms with E-state index in [4.69, 9.17) is 4.74 Å². The van der Waals surface area contributed by atoms with Crippen molar-refractivity contribution in [3.8, 4) is 5.75 Å². The Hall–Kier alpha value is -2.03. The van der Waals surface area contributed by atoms with Gasteiger partial charge in [-0.05, 0) is 11.5 Å². The van der Waals surface area contributed by atoms with Crippen LogP contribution in [0.15, 0.2) is 42.5 Å². The van der Waals surface area contributed by atoms with Crippen LogP contribution >= 0.6 is 0 Å². The van der Waals surface area contributed by atoms with Gasteiger partial charge in [0.05, 0.1) is 6.54 Å². The molecule has 0 aliphatic heterocycles. The van der Waals surface area contributed by atoms with Gasteiger partial charge in [-0.15, -0.1) is 0 Å². The lowest BCUT2D eigenvalue weighted by atomic mass is 10.1. The number of hydrogen-bond donors (Lipinski definition) is 1. The molecule has 1 amide bonds. The molecular formula is C16H19NO2. The number of hydrogen-bond acceptors (Lipinski definition) is 2. The van der Waals surface area contributed by atoms with Gasteiger partial charge < -0.3 is 10.1 Å². The average molecular weight is 257 g/mol. The molecule has 3 nitrogen and oxygen atoms in total. The molecule has 0 aromatic heterocycles. The molecule has 0 aliphatic carbocycles. The van der Waals surface area contributed by atoms with E-state index in [1.807, 2.05) is 44.2 Å². The number of ether oxygens (including phenoxy) is 1. The zero-order valence-corrected chi connectivity index (χ0v) is 11.3. The van der Waals surface area contributed by atoms with Crippen LogP contribution in [0.2, 0.25) is 0 Å². The first-order valence-electron chi connectivity index (χ1n) is 6.57. The summed E-state index contributed by atoms with van der Waals surface area (Å²) in [5, 5.41) is 5.09. The van der Waals surface area contributed by atoms with Crippen LogP contribution in [0.25, 0.3) is 10.8 Å². The number of fused-ring (bicyclic) bond motifs is 1. The Balaban J connectivity index is 1.93. The standard InChI is InChI=1S/C16H19NO2/c1-12(2)16(18)17-10-11-19-15-9-5-7-13-6-3-4-8-14(13)15/h3-9,12H,10-11H2,1-2H3,(H,17,18). The third-order valence-electron chi connectivity index (χ3n) is 2.93. The van der Waals surface area contributed by atoms with E-state index in [2.05, 4.69) is 17.4 Å². The molecule has 1 N–H and O–H groups in total. The summed E-state index contributed by atoms with van der Waals surface area (Å²) in [6, 6.07) is 14.1. The predicted molar refractivity (Wildman–Crippen MR) is 77.3 cm³/mol. The quantitative estimate of drug-likeness (QED) is 0.836. The largest absolute Gasteiger partial charge is 0.491 e. The first kappa shape index (κ1) is 13.4. The van der Waals surface area contributed by atoms with Gasteiger partial charge in [0.2, 0.25) is 5.91 Å². The number of amides is 1.